The lowest BCUT2D eigenvalue weighted by atomic mass is 10.2. The molecule has 1 N–H and O–H groups in total. The lowest BCUT2D eigenvalue weighted by Crippen LogP contribution is -2.29. The van der Waals surface area contributed by atoms with Crippen molar-refractivity contribution in [3.05, 3.63) is 0 Å². The van der Waals surface area contributed by atoms with E-state index in [4.69, 9.17) is 5.26 Å². The van der Waals surface area contributed by atoms with Crippen LogP contribution in [-0.2, 0) is 0 Å². The largest absolute Gasteiger partial charge is 0.313 e. The average molecular weight is 140 g/mol. The fourth-order valence-electron chi connectivity index (χ4n) is 0.568. The molecule has 58 valence electrons. The maximum atomic E-state index is 8.43. The van der Waals surface area contributed by atoms with E-state index in [1.54, 1.807) is 0 Å². The van der Waals surface area contributed by atoms with E-state index < -0.39 is 0 Å². The van der Waals surface area contributed by atoms with Crippen LogP contribution in [0.4, 0.5) is 0 Å². The first-order chi connectivity index (χ1) is 4.70. The number of hydrogen-bond donors (Lipinski definition) is 1. The van der Waals surface area contributed by atoms with Gasteiger partial charge in [0.25, 0.3) is 0 Å². The van der Waals surface area contributed by atoms with Crippen LogP contribution in [0.1, 0.15) is 27.2 Å². The minimum Gasteiger partial charge on any atom is -0.313 e. The molecule has 10 heavy (non-hydrogen) atoms. The van der Waals surface area contributed by atoms with Gasteiger partial charge in [0.05, 0.1) is 12.0 Å². The van der Waals surface area contributed by atoms with Gasteiger partial charge < -0.3 is 5.32 Å². The van der Waals surface area contributed by atoms with Gasteiger partial charge in [-0.2, -0.15) is 5.26 Å². The van der Waals surface area contributed by atoms with Crippen molar-refractivity contribution in [2.75, 3.05) is 6.54 Å². The molecule has 0 heterocycles. The van der Waals surface area contributed by atoms with Crippen LogP contribution in [0.15, 0.2) is 0 Å². The zero-order valence-corrected chi connectivity index (χ0v) is 7.02. The summed E-state index contributed by atoms with van der Waals surface area (Å²) in [5.41, 5.74) is 0. The normalized spacial score (nSPS) is 15.8. The van der Waals surface area contributed by atoms with Gasteiger partial charge in [0, 0.05) is 12.6 Å². The van der Waals surface area contributed by atoms with E-state index in [0.29, 0.717) is 6.04 Å². The van der Waals surface area contributed by atoms with Crippen LogP contribution < -0.4 is 5.32 Å². The molecule has 0 aromatic carbocycles. The summed E-state index contributed by atoms with van der Waals surface area (Å²) >= 11 is 0. The molecule has 0 bridgehead atoms. The topological polar surface area (TPSA) is 35.8 Å². The molecule has 0 aromatic heterocycles. The molecule has 2 unspecified atom stereocenters. The van der Waals surface area contributed by atoms with Crippen LogP contribution >= 0.6 is 0 Å². The van der Waals surface area contributed by atoms with E-state index in [0.717, 1.165) is 13.0 Å². The van der Waals surface area contributed by atoms with Crippen molar-refractivity contribution in [1.82, 2.24) is 5.32 Å². The van der Waals surface area contributed by atoms with E-state index in [9.17, 15) is 0 Å². The Morgan fingerprint density at radius 3 is 2.50 bits per heavy atom. The highest BCUT2D eigenvalue weighted by Crippen LogP contribution is 1.92. The molecule has 0 spiro atoms. The average Bonchev–Trinajstić information content (AvgIpc) is 1.99. The van der Waals surface area contributed by atoms with Crippen molar-refractivity contribution in [2.45, 2.75) is 33.2 Å². The SMILES string of the molecule is CCC(C)NCC(C)C#N. The molecule has 2 atom stereocenters. The van der Waals surface area contributed by atoms with E-state index >= 15 is 0 Å². The van der Waals surface area contributed by atoms with E-state index in [-0.39, 0.29) is 5.92 Å². The summed E-state index contributed by atoms with van der Waals surface area (Å²) in [5, 5.41) is 11.7. The minimum absolute atomic E-state index is 0.133. The molecule has 0 aliphatic carbocycles. The molecule has 0 aromatic rings. The monoisotopic (exact) mass is 140 g/mol. The lowest BCUT2D eigenvalue weighted by Gasteiger charge is -2.11. The fraction of sp³-hybridized carbons (Fsp3) is 0.875. The fourth-order valence-corrected chi connectivity index (χ4v) is 0.568. The van der Waals surface area contributed by atoms with Crippen molar-refractivity contribution < 1.29 is 0 Å². The maximum absolute atomic E-state index is 8.43. The van der Waals surface area contributed by atoms with E-state index in [1.165, 1.54) is 0 Å². The van der Waals surface area contributed by atoms with Gasteiger partial charge in [0.15, 0.2) is 0 Å². The highest BCUT2D eigenvalue weighted by molar-refractivity contribution is 4.80. The van der Waals surface area contributed by atoms with Gasteiger partial charge in [-0.3, -0.25) is 0 Å². The van der Waals surface area contributed by atoms with Crippen LogP contribution in [0.5, 0.6) is 0 Å². The first-order valence-corrected chi connectivity index (χ1v) is 3.83. The Hall–Kier alpha value is -0.550. The number of hydrogen-bond acceptors (Lipinski definition) is 2. The molecular weight excluding hydrogens is 124 g/mol. The second kappa shape index (κ2) is 5.25. The summed E-state index contributed by atoms with van der Waals surface area (Å²) < 4.78 is 0. The smallest absolute Gasteiger partial charge is 0.0666 e. The van der Waals surface area contributed by atoms with Gasteiger partial charge >= 0.3 is 0 Å². The van der Waals surface area contributed by atoms with Crippen molar-refractivity contribution in [1.29, 1.82) is 5.26 Å². The third kappa shape index (κ3) is 4.34. The Morgan fingerprint density at radius 2 is 2.10 bits per heavy atom. The quantitative estimate of drug-likeness (QED) is 0.643. The van der Waals surface area contributed by atoms with Crippen LogP contribution in [-0.4, -0.2) is 12.6 Å². The van der Waals surface area contributed by atoms with Crippen LogP contribution in [0.25, 0.3) is 0 Å². The lowest BCUT2D eigenvalue weighted by molar-refractivity contribution is 0.500. The molecule has 0 aliphatic rings. The van der Waals surface area contributed by atoms with Crippen molar-refractivity contribution in [3.8, 4) is 6.07 Å². The summed E-state index contributed by atoms with van der Waals surface area (Å²) in [6.45, 7) is 7.00. The zero-order chi connectivity index (χ0) is 7.98. The Kier molecular flexibility index (Phi) is 4.96. The first kappa shape index (κ1) is 9.45. The van der Waals surface area contributed by atoms with Crippen LogP contribution in [0.3, 0.4) is 0 Å². The van der Waals surface area contributed by atoms with Crippen molar-refractivity contribution in [2.24, 2.45) is 5.92 Å². The van der Waals surface area contributed by atoms with Crippen molar-refractivity contribution in [3.63, 3.8) is 0 Å². The van der Waals surface area contributed by atoms with E-state index in [2.05, 4.69) is 25.2 Å². The van der Waals surface area contributed by atoms with Gasteiger partial charge in [0.1, 0.15) is 0 Å². The predicted octanol–water partition coefficient (Wildman–Crippen LogP) is 1.53. The number of nitrogens with zero attached hydrogens (tertiary/aromatic N) is 1. The maximum Gasteiger partial charge on any atom is 0.0666 e. The third-order valence-corrected chi connectivity index (χ3v) is 1.61. The highest BCUT2D eigenvalue weighted by atomic mass is 14.9. The van der Waals surface area contributed by atoms with E-state index in [1.807, 2.05) is 6.92 Å². The molecule has 0 radical (unpaired) electrons. The Balaban J connectivity index is 3.28. The third-order valence-electron chi connectivity index (χ3n) is 1.61. The number of rotatable bonds is 4. The van der Waals surface area contributed by atoms with Gasteiger partial charge in [-0.15, -0.1) is 0 Å². The summed E-state index contributed by atoms with van der Waals surface area (Å²) in [5.74, 6) is 0.133. The molecule has 0 amide bonds. The standard InChI is InChI=1S/C8H16N2/c1-4-8(3)10-6-7(2)5-9/h7-8,10H,4,6H2,1-3H3. The molecule has 0 fully saturated rings. The molecule has 0 rings (SSSR count). The molecule has 0 saturated heterocycles. The zero-order valence-electron chi connectivity index (χ0n) is 7.02. The first-order valence-electron chi connectivity index (χ1n) is 3.83. The minimum atomic E-state index is 0.133. The van der Waals surface area contributed by atoms with Crippen LogP contribution in [0, 0.1) is 17.2 Å². The molecule has 2 nitrogen and oxygen atoms in total. The number of nitriles is 1. The summed E-state index contributed by atoms with van der Waals surface area (Å²) in [6, 6.07) is 2.72. The highest BCUT2D eigenvalue weighted by Gasteiger charge is 2.00. The molecule has 0 aliphatic heterocycles. The van der Waals surface area contributed by atoms with Crippen LogP contribution in [0.2, 0.25) is 0 Å². The predicted molar refractivity (Wildman–Crippen MR) is 42.5 cm³/mol. The number of nitrogens with one attached hydrogen (secondary N) is 1. The second-order valence-electron chi connectivity index (χ2n) is 2.75. The Bertz CT molecular complexity index is 115. The summed E-state index contributed by atoms with van der Waals surface area (Å²) in [4.78, 5) is 0. The van der Waals surface area contributed by atoms with Gasteiger partial charge in [-0.25, -0.2) is 0 Å². The molecule has 2 heteroatoms. The molecular formula is C8H16N2. The van der Waals surface area contributed by atoms with Crippen molar-refractivity contribution >= 4 is 0 Å². The Labute approximate surface area is 63.2 Å². The second-order valence-corrected chi connectivity index (χ2v) is 2.75. The summed E-state index contributed by atoms with van der Waals surface area (Å²) in [7, 11) is 0. The molecule has 0 saturated carbocycles. The summed E-state index contributed by atoms with van der Waals surface area (Å²) in [6.07, 6.45) is 1.12. The Morgan fingerprint density at radius 1 is 1.50 bits per heavy atom. The van der Waals surface area contributed by atoms with Gasteiger partial charge in [-0.1, -0.05) is 6.92 Å². The van der Waals surface area contributed by atoms with Gasteiger partial charge in [0.2, 0.25) is 0 Å². The van der Waals surface area contributed by atoms with Gasteiger partial charge in [-0.05, 0) is 20.3 Å².